The Morgan fingerprint density at radius 1 is 1.05 bits per heavy atom. The van der Waals surface area contributed by atoms with E-state index in [1.165, 1.54) is 0 Å². The van der Waals surface area contributed by atoms with Crippen LogP contribution in [-0.2, 0) is 14.3 Å². The van der Waals surface area contributed by atoms with Gasteiger partial charge in [0.1, 0.15) is 5.60 Å². The van der Waals surface area contributed by atoms with Crippen molar-refractivity contribution in [1.29, 1.82) is 0 Å². The van der Waals surface area contributed by atoms with E-state index in [0.717, 1.165) is 0 Å². The molecule has 0 atom stereocenters. The summed E-state index contributed by atoms with van der Waals surface area (Å²) in [5.74, 6) is -1.99. The molecule has 0 saturated carbocycles. The maximum absolute atomic E-state index is 11.5. The fourth-order valence-corrected chi connectivity index (χ4v) is 1.36. The second-order valence-corrected chi connectivity index (χ2v) is 5.21. The summed E-state index contributed by atoms with van der Waals surface area (Å²) in [6.07, 6.45) is -0.613. The molecular formula is C12H21NO6. The number of amides is 1. The van der Waals surface area contributed by atoms with Crippen LogP contribution in [0.3, 0.4) is 0 Å². The minimum absolute atomic E-state index is 0.139. The van der Waals surface area contributed by atoms with Gasteiger partial charge in [-0.2, -0.15) is 0 Å². The Morgan fingerprint density at radius 2 is 1.47 bits per heavy atom. The molecule has 0 bridgehead atoms. The zero-order valence-electron chi connectivity index (χ0n) is 11.4. The van der Waals surface area contributed by atoms with Crippen molar-refractivity contribution in [2.75, 3.05) is 0 Å². The number of hydrogen-bond acceptors (Lipinski definition) is 4. The summed E-state index contributed by atoms with van der Waals surface area (Å²) in [6, 6.07) is -0.526. The van der Waals surface area contributed by atoms with Gasteiger partial charge in [-0.1, -0.05) is 0 Å². The SMILES string of the molecule is CC(C)(C)OC(=O)NC(CCC(=O)O)CCC(=O)O. The number of hydrogen-bond donors (Lipinski definition) is 3. The molecule has 0 aliphatic carbocycles. The molecule has 19 heavy (non-hydrogen) atoms. The Bertz CT molecular complexity index is 316. The minimum atomic E-state index is -0.994. The number of rotatable bonds is 7. The molecule has 0 aliphatic rings. The fraction of sp³-hybridized carbons (Fsp3) is 0.750. The van der Waals surface area contributed by atoms with Gasteiger partial charge in [0, 0.05) is 18.9 Å². The molecular weight excluding hydrogens is 254 g/mol. The molecule has 0 aromatic carbocycles. The van der Waals surface area contributed by atoms with E-state index in [1.54, 1.807) is 20.8 Å². The van der Waals surface area contributed by atoms with E-state index in [0.29, 0.717) is 0 Å². The molecule has 0 saturated heterocycles. The van der Waals surface area contributed by atoms with Crippen LogP contribution in [0, 0.1) is 0 Å². The standard InChI is InChI=1S/C12H21NO6/c1-12(2,3)19-11(18)13-8(4-6-9(14)15)5-7-10(16)17/h8H,4-7H2,1-3H3,(H,13,18)(H,14,15)(H,16,17). The smallest absolute Gasteiger partial charge is 0.407 e. The van der Waals surface area contributed by atoms with Gasteiger partial charge in [-0.25, -0.2) is 4.79 Å². The molecule has 0 radical (unpaired) electrons. The van der Waals surface area contributed by atoms with E-state index in [-0.39, 0.29) is 25.7 Å². The Balaban J connectivity index is 4.34. The minimum Gasteiger partial charge on any atom is -0.481 e. The third-order valence-corrected chi connectivity index (χ3v) is 2.13. The molecule has 7 heteroatoms. The monoisotopic (exact) mass is 275 g/mol. The number of carbonyl (C=O) groups excluding carboxylic acids is 1. The number of carboxylic acids is 2. The number of carbonyl (C=O) groups is 3. The van der Waals surface area contributed by atoms with E-state index < -0.39 is 29.7 Å². The molecule has 0 aromatic rings. The van der Waals surface area contributed by atoms with Crippen molar-refractivity contribution in [2.45, 2.75) is 58.1 Å². The van der Waals surface area contributed by atoms with Gasteiger partial charge in [0.05, 0.1) is 0 Å². The largest absolute Gasteiger partial charge is 0.481 e. The zero-order chi connectivity index (χ0) is 15.1. The van der Waals surface area contributed by atoms with Gasteiger partial charge in [0.15, 0.2) is 0 Å². The number of nitrogens with one attached hydrogen (secondary N) is 1. The van der Waals surface area contributed by atoms with Crippen molar-refractivity contribution in [3.63, 3.8) is 0 Å². The van der Waals surface area contributed by atoms with Crippen LogP contribution in [0.1, 0.15) is 46.5 Å². The van der Waals surface area contributed by atoms with E-state index in [4.69, 9.17) is 14.9 Å². The number of ether oxygens (including phenoxy) is 1. The van der Waals surface area contributed by atoms with Crippen LogP contribution in [0.4, 0.5) is 4.79 Å². The van der Waals surface area contributed by atoms with Crippen LogP contribution < -0.4 is 5.32 Å². The lowest BCUT2D eigenvalue weighted by molar-refractivity contribution is -0.137. The maximum atomic E-state index is 11.5. The third kappa shape index (κ3) is 11.1. The first-order chi connectivity index (χ1) is 8.60. The molecule has 110 valence electrons. The third-order valence-electron chi connectivity index (χ3n) is 2.13. The summed E-state index contributed by atoms with van der Waals surface area (Å²) in [5, 5.41) is 19.7. The zero-order valence-corrected chi connectivity index (χ0v) is 11.4. The maximum Gasteiger partial charge on any atom is 0.407 e. The lowest BCUT2D eigenvalue weighted by atomic mass is 10.1. The molecule has 0 aliphatic heterocycles. The highest BCUT2D eigenvalue weighted by atomic mass is 16.6. The van der Waals surface area contributed by atoms with Gasteiger partial charge in [0.2, 0.25) is 0 Å². The summed E-state index contributed by atoms with van der Waals surface area (Å²) >= 11 is 0. The van der Waals surface area contributed by atoms with Crippen molar-refractivity contribution in [1.82, 2.24) is 5.32 Å². The topological polar surface area (TPSA) is 113 Å². The number of carboxylic acid groups (broad SMARTS) is 2. The summed E-state index contributed by atoms with van der Waals surface area (Å²) in [7, 11) is 0. The van der Waals surface area contributed by atoms with Crippen molar-refractivity contribution >= 4 is 18.0 Å². The molecule has 0 heterocycles. The Hall–Kier alpha value is -1.79. The van der Waals surface area contributed by atoms with E-state index in [9.17, 15) is 14.4 Å². The van der Waals surface area contributed by atoms with Crippen LogP contribution in [-0.4, -0.2) is 39.9 Å². The van der Waals surface area contributed by atoms with Crippen LogP contribution >= 0.6 is 0 Å². The summed E-state index contributed by atoms with van der Waals surface area (Å²) in [4.78, 5) is 32.5. The quantitative estimate of drug-likeness (QED) is 0.650. The summed E-state index contributed by atoms with van der Waals surface area (Å²) in [6.45, 7) is 5.11. The molecule has 3 N–H and O–H groups in total. The molecule has 0 rings (SSSR count). The average Bonchev–Trinajstić information content (AvgIpc) is 2.18. The highest BCUT2D eigenvalue weighted by Crippen LogP contribution is 2.10. The molecule has 0 spiro atoms. The van der Waals surface area contributed by atoms with Gasteiger partial charge < -0.3 is 20.3 Å². The Kier molecular flexibility index (Phi) is 6.89. The van der Waals surface area contributed by atoms with Gasteiger partial charge in [-0.3, -0.25) is 9.59 Å². The van der Waals surface area contributed by atoms with Gasteiger partial charge >= 0.3 is 18.0 Å². The fourth-order valence-electron chi connectivity index (χ4n) is 1.36. The van der Waals surface area contributed by atoms with Gasteiger partial charge in [-0.15, -0.1) is 0 Å². The first kappa shape index (κ1) is 17.2. The normalized spacial score (nSPS) is 11.2. The van der Waals surface area contributed by atoms with Crippen LogP contribution in [0.2, 0.25) is 0 Å². The first-order valence-corrected chi connectivity index (χ1v) is 6.03. The summed E-state index contributed by atoms with van der Waals surface area (Å²) < 4.78 is 5.04. The van der Waals surface area contributed by atoms with E-state index >= 15 is 0 Å². The second-order valence-electron chi connectivity index (χ2n) is 5.21. The van der Waals surface area contributed by atoms with Crippen molar-refractivity contribution in [3.05, 3.63) is 0 Å². The van der Waals surface area contributed by atoms with Crippen LogP contribution in [0.5, 0.6) is 0 Å². The van der Waals surface area contributed by atoms with Crippen LogP contribution in [0.15, 0.2) is 0 Å². The second kappa shape index (κ2) is 7.60. The molecule has 7 nitrogen and oxygen atoms in total. The molecule has 1 amide bonds. The Morgan fingerprint density at radius 3 is 1.79 bits per heavy atom. The highest BCUT2D eigenvalue weighted by Gasteiger charge is 2.20. The van der Waals surface area contributed by atoms with Gasteiger partial charge in [-0.05, 0) is 33.6 Å². The lowest BCUT2D eigenvalue weighted by Gasteiger charge is -2.23. The predicted molar refractivity (Wildman–Crippen MR) is 66.9 cm³/mol. The first-order valence-electron chi connectivity index (χ1n) is 6.03. The van der Waals surface area contributed by atoms with Gasteiger partial charge in [0.25, 0.3) is 0 Å². The van der Waals surface area contributed by atoms with Crippen molar-refractivity contribution in [2.24, 2.45) is 0 Å². The van der Waals surface area contributed by atoms with E-state index in [1.807, 2.05) is 0 Å². The van der Waals surface area contributed by atoms with Crippen molar-refractivity contribution in [3.8, 4) is 0 Å². The van der Waals surface area contributed by atoms with E-state index in [2.05, 4.69) is 5.32 Å². The lowest BCUT2D eigenvalue weighted by Crippen LogP contribution is -2.39. The number of aliphatic carboxylic acids is 2. The number of alkyl carbamates (subject to hydrolysis) is 1. The van der Waals surface area contributed by atoms with Crippen LogP contribution in [0.25, 0.3) is 0 Å². The molecule has 0 aromatic heterocycles. The Labute approximate surface area is 111 Å². The predicted octanol–water partition coefficient (Wildman–Crippen LogP) is 1.61. The van der Waals surface area contributed by atoms with Crippen molar-refractivity contribution < 1.29 is 29.3 Å². The average molecular weight is 275 g/mol. The molecule has 0 fully saturated rings. The summed E-state index contributed by atoms with van der Waals surface area (Å²) in [5.41, 5.74) is -0.659. The highest BCUT2D eigenvalue weighted by molar-refractivity contribution is 5.70. The molecule has 0 unspecified atom stereocenters.